The fourth-order valence-corrected chi connectivity index (χ4v) is 5.34. The van der Waals surface area contributed by atoms with Gasteiger partial charge in [0, 0.05) is 29.0 Å². The number of phenolic OH excluding ortho intramolecular Hbond substituents is 1. The molecular weight excluding hydrogens is 468 g/mol. The summed E-state index contributed by atoms with van der Waals surface area (Å²) >= 11 is 5.89. The first-order valence-electron chi connectivity index (χ1n) is 12.1. The van der Waals surface area contributed by atoms with Gasteiger partial charge in [-0.2, -0.15) is 0 Å². The molecule has 36 heavy (non-hydrogen) atoms. The molecule has 0 aliphatic carbocycles. The van der Waals surface area contributed by atoms with Gasteiger partial charge in [-0.25, -0.2) is 0 Å². The molecular formula is C29H30N4O2S. The lowest BCUT2D eigenvalue weighted by Crippen LogP contribution is -2.29. The van der Waals surface area contributed by atoms with Crippen LogP contribution in [0.1, 0.15) is 48.6 Å². The molecule has 0 saturated carbocycles. The van der Waals surface area contributed by atoms with Crippen LogP contribution in [0.2, 0.25) is 0 Å². The van der Waals surface area contributed by atoms with Crippen LogP contribution in [0.5, 0.6) is 11.5 Å². The minimum Gasteiger partial charge on any atom is -0.508 e. The van der Waals surface area contributed by atoms with Crippen molar-refractivity contribution >= 4 is 23.0 Å². The molecule has 3 heterocycles. The summed E-state index contributed by atoms with van der Waals surface area (Å²) in [6.07, 6.45) is 1.93. The molecule has 1 fully saturated rings. The third kappa shape index (κ3) is 4.42. The van der Waals surface area contributed by atoms with Crippen LogP contribution in [0.15, 0.2) is 79.0 Å². The Morgan fingerprint density at radius 1 is 0.972 bits per heavy atom. The SMILES string of the molecule is Cc1cc([C@H]2[C@H](c3ccccn3)NC(=S)N2c2ccc(OC(C)C)cc2)c(C)n1-c1ccc(O)cc1. The molecule has 2 atom stereocenters. The van der Waals surface area contributed by atoms with E-state index in [4.69, 9.17) is 17.0 Å². The smallest absolute Gasteiger partial charge is 0.174 e. The number of nitrogens with one attached hydrogen (secondary N) is 1. The van der Waals surface area contributed by atoms with E-state index >= 15 is 0 Å². The average molecular weight is 499 g/mol. The molecule has 0 amide bonds. The summed E-state index contributed by atoms with van der Waals surface area (Å²) in [5.41, 5.74) is 6.29. The van der Waals surface area contributed by atoms with Gasteiger partial charge in [0.2, 0.25) is 0 Å². The van der Waals surface area contributed by atoms with E-state index in [1.165, 1.54) is 0 Å². The number of anilines is 1. The Morgan fingerprint density at radius 3 is 2.31 bits per heavy atom. The van der Waals surface area contributed by atoms with Crippen molar-refractivity contribution in [2.75, 3.05) is 4.90 Å². The summed E-state index contributed by atoms with van der Waals surface area (Å²) < 4.78 is 8.07. The molecule has 6 nitrogen and oxygen atoms in total. The van der Waals surface area contributed by atoms with E-state index in [-0.39, 0.29) is 23.9 Å². The van der Waals surface area contributed by atoms with Gasteiger partial charge in [0.25, 0.3) is 0 Å². The maximum atomic E-state index is 9.78. The molecule has 2 N–H and O–H groups in total. The molecule has 184 valence electrons. The van der Waals surface area contributed by atoms with E-state index in [0.717, 1.165) is 39.8 Å². The first-order valence-corrected chi connectivity index (χ1v) is 12.5. The number of rotatable bonds is 6. The molecule has 0 unspecified atom stereocenters. The lowest BCUT2D eigenvalue weighted by molar-refractivity contribution is 0.242. The van der Waals surface area contributed by atoms with Crippen molar-refractivity contribution in [1.82, 2.24) is 14.9 Å². The Labute approximate surface area is 217 Å². The Bertz CT molecular complexity index is 1370. The summed E-state index contributed by atoms with van der Waals surface area (Å²) in [7, 11) is 0. The molecule has 4 aromatic rings. The number of benzene rings is 2. The van der Waals surface area contributed by atoms with Gasteiger partial charge >= 0.3 is 0 Å². The Kier molecular flexibility index (Phi) is 6.41. The average Bonchev–Trinajstić information content (AvgIpc) is 3.35. The molecule has 0 radical (unpaired) electrons. The highest BCUT2D eigenvalue weighted by Gasteiger charge is 2.42. The maximum absolute atomic E-state index is 9.78. The highest BCUT2D eigenvalue weighted by molar-refractivity contribution is 7.80. The first kappa shape index (κ1) is 23.9. The lowest BCUT2D eigenvalue weighted by Gasteiger charge is -2.28. The maximum Gasteiger partial charge on any atom is 0.174 e. The number of nitrogens with zero attached hydrogens (tertiary/aromatic N) is 3. The highest BCUT2D eigenvalue weighted by Crippen LogP contribution is 2.44. The molecule has 2 aromatic heterocycles. The predicted molar refractivity (Wildman–Crippen MR) is 147 cm³/mol. The zero-order chi connectivity index (χ0) is 25.4. The number of hydrogen-bond donors (Lipinski definition) is 2. The molecule has 1 saturated heterocycles. The van der Waals surface area contributed by atoms with E-state index < -0.39 is 0 Å². The van der Waals surface area contributed by atoms with E-state index in [9.17, 15) is 5.11 Å². The van der Waals surface area contributed by atoms with Crippen LogP contribution in [-0.4, -0.2) is 25.9 Å². The van der Waals surface area contributed by atoms with Crippen molar-refractivity contribution in [3.63, 3.8) is 0 Å². The van der Waals surface area contributed by atoms with Gasteiger partial charge in [-0.15, -0.1) is 0 Å². The van der Waals surface area contributed by atoms with Crippen molar-refractivity contribution < 1.29 is 9.84 Å². The van der Waals surface area contributed by atoms with Crippen LogP contribution in [0, 0.1) is 13.8 Å². The number of ether oxygens (including phenoxy) is 1. The molecule has 0 spiro atoms. The third-order valence-electron chi connectivity index (χ3n) is 6.48. The first-order chi connectivity index (χ1) is 17.3. The molecule has 1 aliphatic heterocycles. The molecule has 1 aliphatic rings. The van der Waals surface area contributed by atoms with Gasteiger partial charge in [-0.3, -0.25) is 4.98 Å². The van der Waals surface area contributed by atoms with Crippen LogP contribution in [-0.2, 0) is 0 Å². The van der Waals surface area contributed by atoms with E-state index in [2.05, 4.69) is 51.8 Å². The van der Waals surface area contributed by atoms with Crippen LogP contribution in [0.3, 0.4) is 0 Å². The lowest BCUT2D eigenvalue weighted by atomic mass is 9.96. The number of aromatic nitrogens is 2. The molecule has 5 rings (SSSR count). The zero-order valence-electron chi connectivity index (χ0n) is 20.8. The van der Waals surface area contributed by atoms with Crippen LogP contribution in [0.4, 0.5) is 5.69 Å². The number of thiocarbonyl (C=S) groups is 1. The van der Waals surface area contributed by atoms with Gasteiger partial charge in [0.05, 0.1) is 23.9 Å². The van der Waals surface area contributed by atoms with E-state index in [1.807, 2.05) is 62.5 Å². The number of phenols is 1. The van der Waals surface area contributed by atoms with E-state index in [1.54, 1.807) is 12.1 Å². The van der Waals surface area contributed by atoms with Crippen LogP contribution >= 0.6 is 12.2 Å². The minimum atomic E-state index is -0.126. The summed E-state index contributed by atoms with van der Waals surface area (Å²) in [5, 5.41) is 14.0. The molecule has 2 aromatic carbocycles. The summed E-state index contributed by atoms with van der Waals surface area (Å²) in [4.78, 5) is 6.85. The monoisotopic (exact) mass is 498 g/mol. The highest BCUT2D eigenvalue weighted by atomic mass is 32.1. The van der Waals surface area contributed by atoms with Gasteiger partial charge in [-0.1, -0.05) is 6.07 Å². The molecule has 0 bridgehead atoms. The van der Waals surface area contributed by atoms with Gasteiger partial charge < -0.3 is 24.6 Å². The van der Waals surface area contributed by atoms with Crippen molar-refractivity contribution in [3.8, 4) is 17.2 Å². The van der Waals surface area contributed by atoms with Crippen molar-refractivity contribution in [2.24, 2.45) is 0 Å². The second-order valence-electron chi connectivity index (χ2n) is 9.34. The predicted octanol–water partition coefficient (Wildman–Crippen LogP) is 6.16. The summed E-state index contributed by atoms with van der Waals surface area (Å²) in [5.74, 6) is 1.08. The summed E-state index contributed by atoms with van der Waals surface area (Å²) in [6, 6.07) is 23.3. The fourth-order valence-electron chi connectivity index (χ4n) is 4.99. The van der Waals surface area contributed by atoms with Gasteiger partial charge in [0.1, 0.15) is 11.5 Å². The zero-order valence-corrected chi connectivity index (χ0v) is 21.7. The topological polar surface area (TPSA) is 62.5 Å². The number of pyridine rings is 1. The number of aryl methyl sites for hydroxylation is 1. The van der Waals surface area contributed by atoms with Crippen LogP contribution < -0.4 is 15.0 Å². The van der Waals surface area contributed by atoms with Gasteiger partial charge in [0.15, 0.2) is 5.11 Å². The normalized spacial score (nSPS) is 17.5. The second kappa shape index (κ2) is 9.66. The Hall–Kier alpha value is -3.84. The Morgan fingerprint density at radius 2 is 1.67 bits per heavy atom. The number of aromatic hydroxyl groups is 1. The minimum absolute atomic E-state index is 0.108. The fraction of sp³-hybridized carbons (Fsp3) is 0.241. The van der Waals surface area contributed by atoms with Gasteiger partial charge in [-0.05, 0) is 112 Å². The van der Waals surface area contributed by atoms with E-state index in [0.29, 0.717) is 5.11 Å². The standard InChI is InChI=1S/C29H30N4O2S/c1-18(2)35-24-14-10-22(11-15-24)33-28(27(31-29(33)36)26-7-5-6-16-30-26)25-17-19(3)32(20(25)4)21-8-12-23(34)13-9-21/h5-18,27-28,34H,1-4H3,(H,31,36)/t27-,28-/m0/s1. The largest absolute Gasteiger partial charge is 0.508 e. The third-order valence-corrected chi connectivity index (χ3v) is 6.80. The number of hydrogen-bond acceptors (Lipinski definition) is 4. The Balaban J connectivity index is 1.62. The quantitative estimate of drug-likeness (QED) is 0.311. The van der Waals surface area contributed by atoms with Crippen molar-refractivity contribution in [2.45, 2.75) is 45.9 Å². The van der Waals surface area contributed by atoms with Crippen LogP contribution in [0.25, 0.3) is 5.69 Å². The summed E-state index contributed by atoms with van der Waals surface area (Å²) in [6.45, 7) is 8.27. The molecule has 7 heteroatoms. The van der Waals surface area contributed by atoms with Crippen molar-refractivity contribution in [3.05, 3.63) is 102 Å². The second-order valence-corrected chi connectivity index (χ2v) is 9.72. The van der Waals surface area contributed by atoms with Crippen molar-refractivity contribution in [1.29, 1.82) is 0 Å².